The highest BCUT2D eigenvalue weighted by atomic mass is 16.5. The Morgan fingerprint density at radius 2 is 1.61 bits per heavy atom. The van der Waals surface area contributed by atoms with Crippen molar-refractivity contribution in [2.45, 2.75) is 6.54 Å². The van der Waals surface area contributed by atoms with Crippen LogP contribution in [0.1, 0.15) is 26.3 Å². The number of hydrogen-bond acceptors (Lipinski definition) is 7. The molecule has 3 aromatic carbocycles. The Hall–Kier alpha value is -4.08. The molecule has 0 atom stereocenters. The van der Waals surface area contributed by atoms with Crippen molar-refractivity contribution in [1.82, 2.24) is 10.2 Å². The molecule has 4 rings (SSSR count). The fraction of sp³-hybridized carbons (Fsp3) is 0.310. The van der Waals surface area contributed by atoms with Gasteiger partial charge < -0.3 is 29.6 Å². The molecule has 0 bridgehead atoms. The molecule has 1 aliphatic heterocycles. The van der Waals surface area contributed by atoms with E-state index in [0.717, 1.165) is 44.2 Å². The molecule has 0 spiro atoms. The average molecular weight is 520 g/mol. The number of nitrogens with zero attached hydrogens (tertiary/aromatic N) is 1. The second-order valence-corrected chi connectivity index (χ2v) is 8.73. The fourth-order valence-electron chi connectivity index (χ4n) is 4.04. The van der Waals surface area contributed by atoms with Crippen molar-refractivity contribution >= 4 is 17.5 Å². The van der Waals surface area contributed by atoms with Gasteiger partial charge in [-0.3, -0.25) is 14.5 Å². The predicted molar refractivity (Wildman–Crippen MR) is 144 cm³/mol. The van der Waals surface area contributed by atoms with Crippen molar-refractivity contribution in [3.63, 3.8) is 0 Å². The van der Waals surface area contributed by atoms with E-state index in [-0.39, 0.29) is 18.4 Å². The summed E-state index contributed by atoms with van der Waals surface area (Å²) in [7, 11) is 3.06. The molecule has 9 heteroatoms. The zero-order valence-corrected chi connectivity index (χ0v) is 21.7. The van der Waals surface area contributed by atoms with E-state index in [0.29, 0.717) is 34.9 Å². The third-order valence-corrected chi connectivity index (χ3v) is 6.18. The van der Waals surface area contributed by atoms with Crippen LogP contribution in [-0.2, 0) is 11.3 Å². The lowest BCUT2D eigenvalue weighted by Gasteiger charge is -2.26. The van der Waals surface area contributed by atoms with E-state index in [1.165, 1.54) is 7.11 Å². The van der Waals surface area contributed by atoms with Crippen LogP contribution in [0.5, 0.6) is 17.2 Å². The Bertz CT molecular complexity index is 1230. The number of carbonyl (C=O) groups is 2. The summed E-state index contributed by atoms with van der Waals surface area (Å²) in [5.74, 6) is 1.29. The molecular formula is C29H33N3O6. The highest BCUT2D eigenvalue weighted by Crippen LogP contribution is 2.27. The lowest BCUT2D eigenvalue weighted by Crippen LogP contribution is -2.38. The standard InChI is InChI=1S/C29H33N3O6/c1-35-26-11-6-23(19-27(26)36-2)28(33)30-20-21-4-3-5-22(18-21)29(34)31-24-7-9-25(10-8-24)38-17-14-32-12-15-37-16-13-32/h3-11,18-19H,12-17,20H2,1-2H3,(H,30,33)(H,31,34). The molecule has 1 fully saturated rings. The largest absolute Gasteiger partial charge is 0.493 e. The number of nitrogens with one attached hydrogen (secondary N) is 2. The van der Waals surface area contributed by atoms with E-state index in [1.54, 1.807) is 43.5 Å². The van der Waals surface area contributed by atoms with Gasteiger partial charge in [-0.25, -0.2) is 0 Å². The summed E-state index contributed by atoms with van der Waals surface area (Å²) in [4.78, 5) is 27.7. The van der Waals surface area contributed by atoms with Crippen LogP contribution >= 0.6 is 0 Å². The van der Waals surface area contributed by atoms with Crippen LogP contribution in [0.25, 0.3) is 0 Å². The first-order valence-corrected chi connectivity index (χ1v) is 12.5. The first-order valence-electron chi connectivity index (χ1n) is 12.5. The molecule has 2 amide bonds. The number of morpholine rings is 1. The van der Waals surface area contributed by atoms with E-state index in [4.69, 9.17) is 18.9 Å². The Morgan fingerprint density at radius 1 is 0.868 bits per heavy atom. The first-order chi connectivity index (χ1) is 18.6. The first kappa shape index (κ1) is 27.0. The molecule has 0 aromatic heterocycles. The second-order valence-electron chi connectivity index (χ2n) is 8.73. The molecule has 0 saturated carbocycles. The minimum Gasteiger partial charge on any atom is -0.493 e. The molecule has 1 heterocycles. The van der Waals surface area contributed by atoms with Crippen LogP contribution in [0, 0.1) is 0 Å². The number of rotatable bonds is 11. The van der Waals surface area contributed by atoms with Gasteiger partial charge in [0.25, 0.3) is 11.8 Å². The molecule has 0 radical (unpaired) electrons. The monoisotopic (exact) mass is 519 g/mol. The normalized spacial score (nSPS) is 13.4. The smallest absolute Gasteiger partial charge is 0.255 e. The van der Waals surface area contributed by atoms with Crippen LogP contribution in [0.4, 0.5) is 5.69 Å². The summed E-state index contributed by atoms with van der Waals surface area (Å²) in [5, 5.41) is 5.78. The van der Waals surface area contributed by atoms with Crippen molar-refractivity contribution < 1.29 is 28.5 Å². The van der Waals surface area contributed by atoms with Gasteiger partial charge in [-0.05, 0) is 60.2 Å². The van der Waals surface area contributed by atoms with Crippen LogP contribution in [0.15, 0.2) is 66.7 Å². The molecule has 0 unspecified atom stereocenters. The molecular weight excluding hydrogens is 486 g/mol. The molecule has 9 nitrogen and oxygen atoms in total. The third kappa shape index (κ3) is 7.47. The van der Waals surface area contributed by atoms with Gasteiger partial charge in [-0.15, -0.1) is 0 Å². The Balaban J connectivity index is 1.27. The zero-order valence-electron chi connectivity index (χ0n) is 21.7. The third-order valence-electron chi connectivity index (χ3n) is 6.18. The number of amides is 2. The Labute approximate surface area is 222 Å². The topological polar surface area (TPSA) is 98.4 Å². The van der Waals surface area contributed by atoms with Crippen molar-refractivity contribution in [2.24, 2.45) is 0 Å². The van der Waals surface area contributed by atoms with Crippen LogP contribution in [-0.4, -0.2) is 70.4 Å². The summed E-state index contributed by atoms with van der Waals surface area (Å²) >= 11 is 0. The molecule has 0 aliphatic carbocycles. The lowest BCUT2D eigenvalue weighted by atomic mass is 10.1. The van der Waals surface area contributed by atoms with E-state index in [2.05, 4.69) is 15.5 Å². The summed E-state index contributed by atoms with van der Waals surface area (Å²) in [6.45, 7) is 5.12. The number of anilines is 1. The molecule has 1 aliphatic rings. The van der Waals surface area contributed by atoms with E-state index in [9.17, 15) is 9.59 Å². The predicted octanol–water partition coefficient (Wildman–Crippen LogP) is 3.60. The Kier molecular flexibility index (Phi) is 9.55. The van der Waals surface area contributed by atoms with Crippen molar-refractivity contribution in [3.8, 4) is 17.2 Å². The second kappa shape index (κ2) is 13.5. The highest BCUT2D eigenvalue weighted by Gasteiger charge is 2.12. The van der Waals surface area contributed by atoms with Gasteiger partial charge in [0.2, 0.25) is 0 Å². The van der Waals surface area contributed by atoms with Crippen LogP contribution in [0.2, 0.25) is 0 Å². The number of carbonyl (C=O) groups excluding carboxylic acids is 2. The SMILES string of the molecule is COc1ccc(C(=O)NCc2cccc(C(=O)Nc3ccc(OCCN4CCOCC4)cc3)c2)cc1OC. The molecule has 3 aromatic rings. The number of hydrogen-bond donors (Lipinski definition) is 2. The maximum Gasteiger partial charge on any atom is 0.255 e. The van der Waals surface area contributed by atoms with Crippen molar-refractivity contribution in [3.05, 3.63) is 83.4 Å². The van der Waals surface area contributed by atoms with Gasteiger partial charge in [0, 0.05) is 43.0 Å². The minimum absolute atomic E-state index is 0.237. The maximum atomic E-state index is 12.8. The van der Waals surface area contributed by atoms with Crippen LogP contribution < -0.4 is 24.8 Å². The van der Waals surface area contributed by atoms with Crippen LogP contribution in [0.3, 0.4) is 0 Å². The molecule has 1 saturated heterocycles. The highest BCUT2D eigenvalue weighted by molar-refractivity contribution is 6.04. The van der Waals surface area contributed by atoms with Gasteiger partial charge in [-0.1, -0.05) is 12.1 Å². The zero-order chi connectivity index (χ0) is 26.7. The lowest BCUT2D eigenvalue weighted by molar-refractivity contribution is 0.0322. The summed E-state index contributed by atoms with van der Waals surface area (Å²) in [5.41, 5.74) is 2.41. The number of methoxy groups -OCH3 is 2. The van der Waals surface area contributed by atoms with E-state index in [1.807, 2.05) is 30.3 Å². The molecule has 38 heavy (non-hydrogen) atoms. The van der Waals surface area contributed by atoms with Crippen molar-refractivity contribution in [1.29, 1.82) is 0 Å². The van der Waals surface area contributed by atoms with Gasteiger partial charge in [-0.2, -0.15) is 0 Å². The van der Waals surface area contributed by atoms with Gasteiger partial charge >= 0.3 is 0 Å². The number of ether oxygens (including phenoxy) is 4. The van der Waals surface area contributed by atoms with E-state index < -0.39 is 0 Å². The Morgan fingerprint density at radius 3 is 2.34 bits per heavy atom. The minimum atomic E-state index is -0.256. The average Bonchev–Trinajstić information content (AvgIpc) is 2.97. The quantitative estimate of drug-likeness (QED) is 0.400. The van der Waals surface area contributed by atoms with Gasteiger partial charge in [0.1, 0.15) is 12.4 Å². The van der Waals surface area contributed by atoms with E-state index >= 15 is 0 Å². The maximum absolute atomic E-state index is 12.8. The van der Waals surface area contributed by atoms with Gasteiger partial charge in [0.15, 0.2) is 11.5 Å². The summed E-state index contributed by atoms with van der Waals surface area (Å²) < 4.78 is 21.7. The summed E-state index contributed by atoms with van der Waals surface area (Å²) in [6.07, 6.45) is 0. The molecule has 200 valence electrons. The summed E-state index contributed by atoms with van der Waals surface area (Å²) in [6, 6.07) is 19.4. The molecule has 2 N–H and O–H groups in total. The van der Waals surface area contributed by atoms with Crippen molar-refractivity contribution in [2.75, 3.05) is 59.0 Å². The van der Waals surface area contributed by atoms with Gasteiger partial charge in [0.05, 0.1) is 27.4 Å². The number of benzene rings is 3. The fourth-order valence-corrected chi connectivity index (χ4v) is 4.04.